The van der Waals surface area contributed by atoms with Gasteiger partial charge in [-0.2, -0.15) is 5.26 Å². The van der Waals surface area contributed by atoms with E-state index in [1.165, 1.54) is 7.05 Å². The van der Waals surface area contributed by atoms with Crippen LogP contribution in [0.2, 0.25) is 0 Å². The van der Waals surface area contributed by atoms with Crippen molar-refractivity contribution in [1.29, 1.82) is 5.26 Å². The van der Waals surface area contributed by atoms with Crippen LogP contribution < -0.4 is 16.0 Å². The second kappa shape index (κ2) is 8.01. The summed E-state index contributed by atoms with van der Waals surface area (Å²) < 4.78 is 0. The van der Waals surface area contributed by atoms with E-state index in [2.05, 4.69) is 16.0 Å². The lowest BCUT2D eigenvalue weighted by atomic mass is 10.4. The first-order valence-electron chi connectivity index (χ1n) is 4.25. The fourth-order valence-corrected chi connectivity index (χ4v) is 0.698. The van der Waals surface area contributed by atoms with Gasteiger partial charge in [0, 0.05) is 13.6 Å². The van der Waals surface area contributed by atoms with Gasteiger partial charge in [-0.15, -0.1) is 0 Å². The van der Waals surface area contributed by atoms with Crippen molar-refractivity contribution in [3.8, 4) is 6.07 Å². The highest BCUT2D eigenvalue weighted by Crippen LogP contribution is 1.71. The number of likely N-dealkylation sites (N-methyl/N-ethyl adjacent to an activating group) is 1. The van der Waals surface area contributed by atoms with Gasteiger partial charge in [-0.05, 0) is 0 Å². The Balaban J connectivity index is 3.36. The van der Waals surface area contributed by atoms with E-state index >= 15 is 0 Å². The lowest BCUT2D eigenvalue weighted by molar-refractivity contribution is -0.121. The average Bonchev–Trinajstić information content (AvgIpc) is 2.18. The molecule has 0 radical (unpaired) electrons. The average molecular weight is 198 g/mol. The van der Waals surface area contributed by atoms with Crippen LogP contribution in [0.3, 0.4) is 0 Å². The SMILES string of the molecule is CNC(=O)CNCC(=O)NCCC#N. The van der Waals surface area contributed by atoms with Crippen LogP contribution in [0.4, 0.5) is 0 Å². The summed E-state index contributed by atoms with van der Waals surface area (Å²) >= 11 is 0. The number of nitrogens with zero attached hydrogens (tertiary/aromatic N) is 1. The molecule has 2 amide bonds. The molecule has 0 bridgehead atoms. The number of carbonyl (C=O) groups excluding carboxylic acids is 2. The van der Waals surface area contributed by atoms with Gasteiger partial charge in [0.25, 0.3) is 0 Å². The third-order valence-electron chi connectivity index (χ3n) is 1.41. The minimum atomic E-state index is -0.218. The largest absolute Gasteiger partial charge is 0.358 e. The first-order chi connectivity index (χ1) is 6.70. The second-order valence-electron chi connectivity index (χ2n) is 2.53. The van der Waals surface area contributed by atoms with Gasteiger partial charge in [-0.3, -0.25) is 14.9 Å². The fourth-order valence-electron chi connectivity index (χ4n) is 0.698. The van der Waals surface area contributed by atoms with Gasteiger partial charge in [0.15, 0.2) is 0 Å². The van der Waals surface area contributed by atoms with Crippen molar-refractivity contribution >= 4 is 11.8 Å². The molecule has 0 fully saturated rings. The van der Waals surface area contributed by atoms with Crippen LogP contribution in [-0.4, -0.2) is 38.5 Å². The van der Waals surface area contributed by atoms with Gasteiger partial charge in [0.1, 0.15) is 0 Å². The summed E-state index contributed by atoms with van der Waals surface area (Å²) in [5, 5.41) is 15.8. The number of rotatable bonds is 6. The molecule has 0 aromatic carbocycles. The zero-order valence-electron chi connectivity index (χ0n) is 8.09. The summed E-state index contributed by atoms with van der Waals surface area (Å²) in [6.07, 6.45) is 0.293. The zero-order valence-corrected chi connectivity index (χ0v) is 8.09. The molecule has 0 aliphatic carbocycles. The molecule has 0 unspecified atom stereocenters. The highest BCUT2D eigenvalue weighted by atomic mass is 16.2. The molecule has 6 nitrogen and oxygen atoms in total. The Kier molecular flexibility index (Phi) is 7.09. The van der Waals surface area contributed by atoms with E-state index in [9.17, 15) is 9.59 Å². The lowest BCUT2D eigenvalue weighted by Crippen LogP contribution is -2.39. The van der Waals surface area contributed by atoms with E-state index in [1.807, 2.05) is 6.07 Å². The van der Waals surface area contributed by atoms with Crippen molar-refractivity contribution in [3.05, 3.63) is 0 Å². The maximum atomic E-state index is 11.0. The van der Waals surface area contributed by atoms with Gasteiger partial charge < -0.3 is 10.6 Å². The molecule has 0 aliphatic rings. The Labute approximate surface area is 82.7 Å². The fraction of sp³-hybridized carbons (Fsp3) is 0.625. The number of hydrogen-bond acceptors (Lipinski definition) is 4. The Bertz CT molecular complexity index is 234. The molecule has 0 atom stereocenters. The van der Waals surface area contributed by atoms with E-state index in [0.717, 1.165) is 0 Å². The number of carbonyl (C=O) groups is 2. The van der Waals surface area contributed by atoms with Crippen LogP contribution in [0.1, 0.15) is 6.42 Å². The van der Waals surface area contributed by atoms with Crippen LogP contribution in [0, 0.1) is 11.3 Å². The summed E-state index contributed by atoms with van der Waals surface area (Å²) in [5.41, 5.74) is 0. The highest BCUT2D eigenvalue weighted by Gasteiger charge is 2.01. The Morgan fingerprint density at radius 3 is 2.50 bits per heavy atom. The van der Waals surface area contributed by atoms with Crippen LogP contribution in [0.5, 0.6) is 0 Å². The number of amides is 2. The molecule has 0 aromatic heterocycles. The van der Waals surface area contributed by atoms with Crippen LogP contribution in [-0.2, 0) is 9.59 Å². The van der Waals surface area contributed by atoms with Crippen LogP contribution in [0.15, 0.2) is 0 Å². The third-order valence-corrected chi connectivity index (χ3v) is 1.41. The summed E-state index contributed by atoms with van der Waals surface area (Å²) in [6.45, 7) is 0.540. The van der Waals surface area contributed by atoms with Crippen molar-refractivity contribution in [1.82, 2.24) is 16.0 Å². The van der Waals surface area contributed by atoms with Crippen LogP contribution >= 0.6 is 0 Å². The molecular weight excluding hydrogens is 184 g/mol. The molecule has 0 saturated heterocycles. The summed E-state index contributed by atoms with van der Waals surface area (Å²) in [5.74, 6) is -0.390. The Hall–Kier alpha value is -1.61. The van der Waals surface area contributed by atoms with Gasteiger partial charge in [-0.25, -0.2) is 0 Å². The molecule has 0 aromatic rings. The molecule has 0 saturated carbocycles. The highest BCUT2D eigenvalue weighted by molar-refractivity contribution is 5.80. The van der Waals surface area contributed by atoms with E-state index < -0.39 is 0 Å². The predicted octanol–water partition coefficient (Wildman–Crippen LogP) is -1.65. The summed E-state index contributed by atoms with van der Waals surface area (Å²) in [4.78, 5) is 21.7. The third kappa shape index (κ3) is 7.06. The van der Waals surface area contributed by atoms with E-state index in [1.54, 1.807) is 0 Å². The van der Waals surface area contributed by atoms with Crippen molar-refractivity contribution in [2.24, 2.45) is 0 Å². The summed E-state index contributed by atoms with van der Waals surface area (Å²) in [7, 11) is 1.52. The van der Waals surface area contributed by atoms with Crippen molar-refractivity contribution in [3.63, 3.8) is 0 Å². The lowest BCUT2D eigenvalue weighted by Gasteiger charge is -2.03. The molecule has 0 spiro atoms. The molecule has 6 heteroatoms. The normalized spacial score (nSPS) is 8.86. The van der Waals surface area contributed by atoms with Gasteiger partial charge in [0.2, 0.25) is 11.8 Å². The molecular formula is C8H14N4O2. The molecule has 3 N–H and O–H groups in total. The summed E-state index contributed by atoms with van der Waals surface area (Å²) in [6, 6.07) is 1.91. The minimum absolute atomic E-state index is 0.0822. The standard InChI is InChI=1S/C8H14N4O2/c1-10-7(13)5-11-6-8(14)12-4-2-3-9/h11H,2,4-6H2,1H3,(H,10,13)(H,12,14). The topological polar surface area (TPSA) is 94.0 Å². The predicted molar refractivity (Wildman–Crippen MR) is 50.2 cm³/mol. The smallest absolute Gasteiger partial charge is 0.234 e. The van der Waals surface area contributed by atoms with Gasteiger partial charge >= 0.3 is 0 Å². The maximum Gasteiger partial charge on any atom is 0.234 e. The molecule has 0 aliphatic heterocycles. The first-order valence-corrected chi connectivity index (χ1v) is 4.25. The minimum Gasteiger partial charge on any atom is -0.358 e. The first kappa shape index (κ1) is 12.4. The number of nitriles is 1. The number of hydrogen-bond donors (Lipinski definition) is 3. The van der Waals surface area contributed by atoms with E-state index in [0.29, 0.717) is 13.0 Å². The van der Waals surface area contributed by atoms with Crippen molar-refractivity contribution in [2.75, 3.05) is 26.7 Å². The van der Waals surface area contributed by atoms with Gasteiger partial charge in [0.05, 0.1) is 25.6 Å². The van der Waals surface area contributed by atoms with Crippen molar-refractivity contribution < 1.29 is 9.59 Å². The van der Waals surface area contributed by atoms with E-state index in [4.69, 9.17) is 5.26 Å². The maximum absolute atomic E-state index is 11.0. The number of nitrogens with one attached hydrogen (secondary N) is 3. The quantitative estimate of drug-likeness (QED) is 0.446. The monoisotopic (exact) mass is 198 g/mol. The molecule has 0 heterocycles. The second-order valence-corrected chi connectivity index (χ2v) is 2.53. The Morgan fingerprint density at radius 2 is 1.93 bits per heavy atom. The van der Waals surface area contributed by atoms with Crippen LogP contribution in [0.25, 0.3) is 0 Å². The molecule has 0 rings (SSSR count). The van der Waals surface area contributed by atoms with Crippen molar-refractivity contribution in [2.45, 2.75) is 6.42 Å². The molecule has 14 heavy (non-hydrogen) atoms. The Morgan fingerprint density at radius 1 is 1.29 bits per heavy atom. The van der Waals surface area contributed by atoms with E-state index in [-0.39, 0.29) is 24.9 Å². The zero-order chi connectivity index (χ0) is 10.8. The molecule has 78 valence electrons. The van der Waals surface area contributed by atoms with Gasteiger partial charge in [-0.1, -0.05) is 0 Å².